The highest BCUT2D eigenvalue weighted by atomic mass is 16.4. The molecule has 2 aromatic rings. The van der Waals surface area contributed by atoms with Crippen LogP contribution in [0.25, 0.3) is 11.0 Å². The lowest BCUT2D eigenvalue weighted by atomic mass is 10.1. The molecule has 2 rings (SSSR count). The van der Waals surface area contributed by atoms with Crippen molar-refractivity contribution in [2.75, 3.05) is 6.54 Å². The minimum absolute atomic E-state index is 0.154. The predicted octanol–water partition coefficient (Wildman–Crippen LogP) is 0.615. The van der Waals surface area contributed by atoms with E-state index in [9.17, 15) is 9.59 Å². The second-order valence-corrected chi connectivity index (χ2v) is 4.02. The van der Waals surface area contributed by atoms with Crippen LogP contribution in [-0.2, 0) is 16.0 Å². The smallest absolute Gasteiger partial charge is 0.322 e. The van der Waals surface area contributed by atoms with Crippen LogP contribution in [0.2, 0.25) is 0 Å². The zero-order valence-corrected chi connectivity index (χ0v) is 9.86. The third-order valence-electron chi connectivity index (χ3n) is 2.47. The fourth-order valence-corrected chi connectivity index (χ4v) is 1.72. The number of hydrogen-bond acceptors (Lipinski definition) is 3. The monoisotopic (exact) mass is 247 g/mol. The minimum atomic E-state index is -1.05. The highest BCUT2D eigenvalue weighted by Gasteiger charge is 2.07. The summed E-state index contributed by atoms with van der Waals surface area (Å²) < 4.78 is 0. The molecule has 0 aliphatic rings. The molecule has 0 bridgehead atoms. The van der Waals surface area contributed by atoms with Gasteiger partial charge < -0.3 is 15.4 Å². The molecular formula is C12H13N3O3. The molecule has 0 spiro atoms. The molecule has 6 heteroatoms. The maximum atomic E-state index is 11.5. The van der Waals surface area contributed by atoms with E-state index in [1.165, 1.54) is 0 Å². The van der Waals surface area contributed by atoms with Crippen molar-refractivity contribution in [3.8, 4) is 0 Å². The number of imidazole rings is 1. The zero-order valence-electron chi connectivity index (χ0n) is 9.86. The van der Waals surface area contributed by atoms with Gasteiger partial charge in [0, 0.05) is 0 Å². The minimum Gasteiger partial charge on any atom is -0.480 e. The van der Waals surface area contributed by atoms with Gasteiger partial charge in [0.1, 0.15) is 12.4 Å². The van der Waals surface area contributed by atoms with Gasteiger partial charge in [0.15, 0.2) is 0 Å². The van der Waals surface area contributed by atoms with Gasteiger partial charge in [-0.15, -0.1) is 0 Å². The van der Waals surface area contributed by atoms with E-state index in [-0.39, 0.29) is 18.9 Å². The molecule has 0 saturated carbocycles. The van der Waals surface area contributed by atoms with Crippen LogP contribution in [-0.4, -0.2) is 33.5 Å². The Morgan fingerprint density at radius 2 is 2.22 bits per heavy atom. The molecule has 1 amide bonds. The van der Waals surface area contributed by atoms with Gasteiger partial charge in [-0.1, -0.05) is 6.07 Å². The summed E-state index contributed by atoms with van der Waals surface area (Å²) >= 11 is 0. The second kappa shape index (κ2) is 4.87. The van der Waals surface area contributed by atoms with E-state index in [4.69, 9.17) is 5.11 Å². The molecule has 3 N–H and O–H groups in total. The van der Waals surface area contributed by atoms with Gasteiger partial charge >= 0.3 is 5.97 Å². The maximum Gasteiger partial charge on any atom is 0.322 e. The van der Waals surface area contributed by atoms with Gasteiger partial charge in [-0.3, -0.25) is 9.59 Å². The largest absolute Gasteiger partial charge is 0.480 e. The molecule has 0 unspecified atom stereocenters. The van der Waals surface area contributed by atoms with Gasteiger partial charge in [-0.2, -0.15) is 0 Å². The SMILES string of the molecule is Cc1nc2ccc(CC(=O)NCC(=O)O)cc2[nH]1. The van der Waals surface area contributed by atoms with Crippen molar-refractivity contribution in [3.05, 3.63) is 29.6 Å². The third kappa shape index (κ3) is 2.85. The summed E-state index contributed by atoms with van der Waals surface area (Å²) in [6.45, 7) is 1.50. The molecule has 0 aliphatic carbocycles. The summed E-state index contributed by atoms with van der Waals surface area (Å²) in [5, 5.41) is 10.8. The van der Waals surface area contributed by atoms with Crippen LogP contribution in [0.5, 0.6) is 0 Å². The van der Waals surface area contributed by atoms with E-state index in [0.717, 1.165) is 22.4 Å². The standard InChI is InChI=1S/C12H13N3O3/c1-7-14-9-3-2-8(4-10(9)15-7)5-11(16)13-6-12(17)18/h2-4H,5-6H2,1H3,(H,13,16)(H,14,15)(H,17,18). The highest BCUT2D eigenvalue weighted by molar-refractivity contribution is 5.84. The lowest BCUT2D eigenvalue weighted by molar-refractivity contribution is -0.137. The Kier molecular flexibility index (Phi) is 3.27. The van der Waals surface area contributed by atoms with Crippen LogP contribution in [0.3, 0.4) is 0 Å². The number of hydrogen-bond donors (Lipinski definition) is 3. The summed E-state index contributed by atoms with van der Waals surface area (Å²) in [6.07, 6.45) is 0.154. The number of aromatic amines is 1. The van der Waals surface area contributed by atoms with E-state index in [1.54, 1.807) is 0 Å². The summed E-state index contributed by atoms with van der Waals surface area (Å²) in [6, 6.07) is 5.48. The van der Waals surface area contributed by atoms with E-state index in [0.29, 0.717) is 0 Å². The summed E-state index contributed by atoms with van der Waals surface area (Å²) in [5.41, 5.74) is 2.53. The Balaban J connectivity index is 2.07. The average molecular weight is 247 g/mol. The first-order chi connectivity index (χ1) is 8.54. The number of carbonyl (C=O) groups is 2. The fraction of sp³-hybridized carbons (Fsp3) is 0.250. The predicted molar refractivity (Wildman–Crippen MR) is 65.2 cm³/mol. The molecule has 0 saturated heterocycles. The van der Waals surface area contributed by atoms with Crippen molar-refractivity contribution < 1.29 is 14.7 Å². The van der Waals surface area contributed by atoms with Crippen LogP contribution in [0, 0.1) is 6.92 Å². The summed E-state index contributed by atoms with van der Waals surface area (Å²) in [5.74, 6) is -0.548. The number of H-pyrrole nitrogens is 1. The van der Waals surface area contributed by atoms with E-state index in [1.807, 2.05) is 25.1 Å². The van der Waals surface area contributed by atoms with Crippen LogP contribution < -0.4 is 5.32 Å². The highest BCUT2D eigenvalue weighted by Crippen LogP contribution is 2.13. The molecular weight excluding hydrogens is 234 g/mol. The first kappa shape index (κ1) is 12.1. The van der Waals surface area contributed by atoms with Crippen molar-refractivity contribution in [2.24, 2.45) is 0 Å². The Labute approximate surface area is 103 Å². The van der Waals surface area contributed by atoms with Crippen molar-refractivity contribution in [2.45, 2.75) is 13.3 Å². The van der Waals surface area contributed by atoms with Gasteiger partial charge in [0.25, 0.3) is 0 Å². The Morgan fingerprint density at radius 3 is 2.94 bits per heavy atom. The Hall–Kier alpha value is -2.37. The number of amides is 1. The average Bonchev–Trinajstić information content (AvgIpc) is 2.66. The number of nitrogens with one attached hydrogen (secondary N) is 2. The first-order valence-electron chi connectivity index (χ1n) is 5.48. The third-order valence-corrected chi connectivity index (χ3v) is 2.47. The van der Waals surface area contributed by atoms with E-state index < -0.39 is 5.97 Å². The molecule has 6 nitrogen and oxygen atoms in total. The lowest BCUT2D eigenvalue weighted by Crippen LogP contribution is -2.30. The Bertz CT molecular complexity index is 604. The van der Waals surface area contributed by atoms with Crippen LogP contribution in [0.15, 0.2) is 18.2 Å². The van der Waals surface area contributed by atoms with Crippen LogP contribution in [0.4, 0.5) is 0 Å². The number of rotatable bonds is 4. The number of carboxylic acid groups (broad SMARTS) is 1. The molecule has 0 atom stereocenters. The molecule has 1 aromatic carbocycles. The number of fused-ring (bicyclic) bond motifs is 1. The molecule has 1 aromatic heterocycles. The number of carbonyl (C=O) groups excluding carboxylic acids is 1. The molecule has 0 radical (unpaired) electrons. The summed E-state index contributed by atoms with van der Waals surface area (Å²) in [7, 11) is 0. The molecule has 0 aliphatic heterocycles. The van der Waals surface area contributed by atoms with Crippen LogP contribution in [0.1, 0.15) is 11.4 Å². The molecule has 1 heterocycles. The topological polar surface area (TPSA) is 95.1 Å². The number of aromatic nitrogens is 2. The van der Waals surface area contributed by atoms with E-state index in [2.05, 4.69) is 15.3 Å². The number of aryl methyl sites for hydroxylation is 1. The van der Waals surface area contributed by atoms with E-state index >= 15 is 0 Å². The molecule has 94 valence electrons. The van der Waals surface area contributed by atoms with Crippen molar-refractivity contribution >= 4 is 22.9 Å². The van der Waals surface area contributed by atoms with Gasteiger partial charge in [-0.05, 0) is 24.6 Å². The van der Waals surface area contributed by atoms with Crippen molar-refractivity contribution in [1.29, 1.82) is 0 Å². The fourth-order valence-electron chi connectivity index (χ4n) is 1.72. The van der Waals surface area contributed by atoms with Gasteiger partial charge in [0.2, 0.25) is 5.91 Å². The number of carboxylic acids is 1. The number of aliphatic carboxylic acids is 1. The van der Waals surface area contributed by atoms with Gasteiger partial charge in [-0.25, -0.2) is 4.98 Å². The molecule has 18 heavy (non-hydrogen) atoms. The maximum absolute atomic E-state index is 11.5. The Morgan fingerprint density at radius 1 is 1.44 bits per heavy atom. The second-order valence-electron chi connectivity index (χ2n) is 4.02. The quantitative estimate of drug-likeness (QED) is 0.737. The summed E-state index contributed by atoms with van der Waals surface area (Å²) in [4.78, 5) is 29.1. The normalized spacial score (nSPS) is 10.5. The zero-order chi connectivity index (χ0) is 13.1. The van der Waals surface area contributed by atoms with Crippen LogP contribution >= 0.6 is 0 Å². The molecule has 0 fully saturated rings. The number of benzene rings is 1. The number of nitrogens with zero attached hydrogens (tertiary/aromatic N) is 1. The van der Waals surface area contributed by atoms with Crippen molar-refractivity contribution in [3.63, 3.8) is 0 Å². The van der Waals surface area contributed by atoms with Gasteiger partial charge in [0.05, 0.1) is 17.5 Å². The first-order valence-corrected chi connectivity index (χ1v) is 5.48. The van der Waals surface area contributed by atoms with Crippen molar-refractivity contribution in [1.82, 2.24) is 15.3 Å². The lowest BCUT2D eigenvalue weighted by Gasteiger charge is -2.02.